The van der Waals surface area contributed by atoms with Gasteiger partial charge in [-0.1, -0.05) is 28.1 Å². The number of rotatable bonds is 1. The summed E-state index contributed by atoms with van der Waals surface area (Å²) < 4.78 is 0.994. The van der Waals surface area contributed by atoms with Gasteiger partial charge in [0.2, 0.25) is 5.96 Å². The minimum absolute atomic E-state index is 0. The van der Waals surface area contributed by atoms with Crippen molar-refractivity contribution < 1.29 is 0 Å². The number of guanidine groups is 2. The quantitative estimate of drug-likeness (QED) is 0.436. The summed E-state index contributed by atoms with van der Waals surface area (Å²) in [7, 11) is 0. The van der Waals surface area contributed by atoms with Crippen molar-refractivity contribution in [2.45, 2.75) is 6.42 Å². The van der Waals surface area contributed by atoms with Crippen LogP contribution in [0, 0.1) is 0 Å². The summed E-state index contributed by atoms with van der Waals surface area (Å²) in [6.07, 6.45) is 5.16. The second-order valence-electron chi connectivity index (χ2n) is 4.12. The Morgan fingerprint density at radius 3 is 2.33 bits per heavy atom. The highest BCUT2D eigenvalue weighted by atomic mass is 79.9. The molecule has 0 aromatic heterocycles. The van der Waals surface area contributed by atoms with Gasteiger partial charge >= 0.3 is 0 Å². The Morgan fingerprint density at radius 1 is 1.10 bits per heavy atom. The van der Waals surface area contributed by atoms with E-state index in [4.69, 9.17) is 11.5 Å². The first-order valence-corrected chi connectivity index (χ1v) is 6.78. The van der Waals surface area contributed by atoms with Gasteiger partial charge in [0.1, 0.15) is 0 Å². The van der Waals surface area contributed by atoms with Crippen LogP contribution in [0.15, 0.2) is 50.9 Å². The third-order valence-corrected chi connectivity index (χ3v) is 3.21. The minimum Gasteiger partial charge on any atom is -0.369 e. The lowest BCUT2D eigenvalue weighted by Crippen LogP contribution is -2.40. The van der Waals surface area contributed by atoms with E-state index >= 15 is 0 Å². The molecule has 1 aliphatic heterocycles. The van der Waals surface area contributed by atoms with E-state index in [-0.39, 0.29) is 30.8 Å². The first-order chi connectivity index (χ1) is 9.15. The zero-order valence-corrected chi connectivity index (χ0v) is 14.5. The van der Waals surface area contributed by atoms with E-state index in [1.54, 1.807) is 0 Å². The van der Waals surface area contributed by atoms with Gasteiger partial charge in [-0.3, -0.25) is 0 Å². The fraction of sp³-hybridized carbons (Fsp3) is 0.231. The van der Waals surface area contributed by atoms with Crippen molar-refractivity contribution in [2.24, 2.45) is 21.5 Å². The summed E-state index contributed by atoms with van der Waals surface area (Å²) in [5.74, 6) is 0.567. The maximum Gasteiger partial charge on any atom is 0.223 e. The van der Waals surface area contributed by atoms with E-state index < -0.39 is 0 Å². The number of nitrogens with two attached hydrogens (primary N) is 2. The summed E-state index contributed by atoms with van der Waals surface area (Å²) in [6.45, 7) is 1.62. The van der Waals surface area contributed by atoms with Gasteiger partial charge in [-0.25, -0.2) is 4.99 Å². The normalized spacial score (nSPS) is 15.2. The van der Waals surface area contributed by atoms with E-state index in [0.717, 1.165) is 29.7 Å². The van der Waals surface area contributed by atoms with Crippen molar-refractivity contribution in [3.63, 3.8) is 0 Å². The highest BCUT2D eigenvalue weighted by Crippen LogP contribution is 2.16. The van der Waals surface area contributed by atoms with Crippen LogP contribution in [0.2, 0.25) is 0 Å². The molecule has 0 saturated heterocycles. The van der Waals surface area contributed by atoms with E-state index in [1.165, 1.54) is 0 Å². The zero-order valence-electron chi connectivity index (χ0n) is 11.3. The Morgan fingerprint density at radius 2 is 1.76 bits per heavy atom. The molecule has 1 heterocycles. The molecule has 0 spiro atoms. The second kappa shape index (κ2) is 9.65. The first-order valence-electron chi connectivity index (χ1n) is 5.99. The molecule has 0 amide bonds. The number of hydrogen-bond acceptors (Lipinski definition) is 1. The van der Waals surface area contributed by atoms with E-state index in [0.29, 0.717) is 5.96 Å². The molecule has 1 aromatic rings. The second-order valence-corrected chi connectivity index (χ2v) is 5.04. The van der Waals surface area contributed by atoms with Crippen molar-refractivity contribution in [3.05, 3.63) is 40.9 Å². The molecule has 0 radical (unpaired) electrons. The predicted molar refractivity (Wildman–Crippen MR) is 96.9 cm³/mol. The molecular weight excluding hydrogens is 377 g/mol. The number of hydrogen-bond donors (Lipinski definition) is 2. The van der Waals surface area contributed by atoms with Crippen LogP contribution in [0.1, 0.15) is 6.42 Å². The summed E-state index contributed by atoms with van der Waals surface area (Å²) >= 11 is 3.36. The van der Waals surface area contributed by atoms with Crippen LogP contribution in [-0.2, 0) is 0 Å². The molecule has 0 aliphatic carbocycles. The Bertz CT molecular complexity index is 528. The lowest BCUT2D eigenvalue weighted by Gasteiger charge is -2.23. The van der Waals surface area contributed by atoms with Gasteiger partial charge in [0, 0.05) is 17.6 Å². The maximum absolute atomic E-state index is 5.90. The van der Waals surface area contributed by atoms with Crippen molar-refractivity contribution in [1.29, 1.82) is 0 Å². The van der Waals surface area contributed by atoms with Crippen molar-refractivity contribution in [2.75, 3.05) is 13.1 Å². The summed E-state index contributed by atoms with van der Waals surface area (Å²) in [4.78, 5) is 10.3. The molecule has 2 rings (SSSR count). The number of nitrogens with zero attached hydrogens (tertiary/aromatic N) is 3. The lowest BCUT2D eigenvalue weighted by atomic mass is 10.3. The molecule has 4 N–H and O–H groups in total. The van der Waals surface area contributed by atoms with Gasteiger partial charge in [0.25, 0.3) is 0 Å². The Kier molecular flexibility index (Phi) is 9.08. The summed E-state index contributed by atoms with van der Waals surface area (Å²) in [6, 6.07) is 7.50. The average Bonchev–Trinajstić information content (AvgIpc) is 2.42. The average molecular weight is 395 g/mol. The van der Waals surface area contributed by atoms with Crippen LogP contribution in [-0.4, -0.2) is 29.9 Å². The van der Waals surface area contributed by atoms with Gasteiger partial charge < -0.3 is 16.4 Å². The number of halogens is 3. The fourth-order valence-electron chi connectivity index (χ4n) is 1.71. The molecule has 0 atom stereocenters. The topological polar surface area (TPSA) is 80.0 Å². The van der Waals surface area contributed by atoms with Crippen LogP contribution >= 0.6 is 40.7 Å². The molecule has 5 nitrogen and oxygen atoms in total. The SMILES string of the molecule is Cl.Cl.NC(=Nc1ccc(Br)cc1)/N=C(/N)N1CC=CCC1. The lowest BCUT2D eigenvalue weighted by molar-refractivity contribution is 0.450. The van der Waals surface area contributed by atoms with Crippen molar-refractivity contribution >= 4 is 58.4 Å². The molecule has 0 fully saturated rings. The number of aliphatic imine (C=N–C) groups is 2. The third-order valence-electron chi connectivity index (χ3n) is 2.68. The molecule has 8 heteroatoms. The van der Waals surface area contributed by atoms with Crippen molar-refractivity contribution in [3.8, 4) is 0 Å². The summed E-state index contributed by atoms with van der Waals surface area (Å²) in [5, 5.41) is 0. The monoisotopic (exact) mass is 393 g/mol. The fourth-order valence-corrected chi connectivity index (χ4v) is 1.97. The molecular formula is C13H18BrCl2N5. The molecule has 0 saturated carbocycles. The molecule has 1 aromatic carbocycles. The standard InChI is InChI=1S/C13H16BrN5.2ClH/c14-10-4-6-11(7-5-10)17-12(15)18-13(16)19-8-2-1-3-9-19;;/h1-2,4-7H,3,8-9H2,(H4,15,16,17,18);2*1H. The Hall–Kier alpha value is -1.24. The van der Waals surface area contributed by atoms with E-state index in [9.17, 15) is 0 Å². The van der Waals surface area contributed by atoms with E-state index in [2.05, 4.69) is 38.1 Å². The van der Waals surface area contributed by atoms with Crippen LogP contribution in [0.3, 0.4) is 0 Å². The third kappa shape index (κ3) is 6.37. The summed E-state index contributed by atoms with van der Waals surface area (Å²) in [5.41, 5.74) is 12.4. The highest BCUT2D eigenvalue weighted by molar-refractivity contribution is 9.10. The van der Waals surface area contributed by atoms with Crippen LogP contribution in [0.4, 0.5) is 5.69 Å². The highest BCUT2D eigenvalue weighted by Gasteiger charge is 2.08. The first kappa shape index (κ1) is 19.8. The number of benzene rings is 1. The molecule has 21 heavy (non-hydrogen) atoms. The van der Waals surface area contributed by atoms with Crippen molar-refractivity contribution in [1.82, 2.24) is 4.90 Å². The van der Waals surface area contributed by atoms with Gasteiger partial charge in [0.05, 0.1) is 5.69 Å². The molecule has 0 bridgehead atoms. The predicted octanol–water partition coefficient (Wildman–Crippen LogP) is 2.82. The van der Waals surface area contributed by atoms with Crippen LogP contribution in [0.5, 0.6) is 0 Å². The van der Waals surface area contributed by atoms with Gasteiger partial charge in [-0.15, -0.1) is 24.8 Å². The van der Waals surface area contributed by atoms with E-state index in [1.807, 2.05) is 29.2 Å². The Balaban J connectivity index is 0.00000200. The Labute approximate surface area is 145 Å². The minimum atomic E-state index is 0. The van der Waals surface area contributed by atoms with Gasteiger partial charge in [0.15, 0.2) is 5.96 Å². The smallest absolute Gasteiger partial charge is 0.223 e. The van der Waals surface area contributed by atoms with Gasteiger partial charge in [-0.05, 0) is 30.7 Å². The molecule has 116 valence electrons. The molecule has 1 aliphatic rings. The van der Waals surface area contributed by atoms with Gasteiger partial charge in [-0.2, -0.15) is 4.99 Å². The zero-order chi connectivity index (χ0) is 13.7. The maximum atomic E-state index is 5.90. The molecule has 0 unspecified atom stereocenters. The largest absolute Gasteiger partial charge is 0.369 e. The van der Waals surface area contributed by atoms with Crippen LogP contribution in [0.25, 0.3) is 0 Å². The van der Waals surface area contributed by atoms with Crippen LogP contribution < -0.4 is 11.5 Å².